The number of carbonyl (C=O) groups is 2. The number of likely N-dealkylation sites (tertiary alicyclic amines) is 1. The molecule has 3 aromatic rings. The molecule has 0 unspecified atom stereocenters. The molecule has 5 N–H and O–H groups in total. The Labute approximate surface area is 234 Å². The Hall–Kier alpha value is -3.38. The first-order chi connectivity index (χ1) is 18.7. The summed E-state index contributed by atoms with van der Waals surface area (Å²) in [5, 5.41) is 9.36. The van der Waals surface area contributed by atoms with E-state index in [4.69, 9.17) is 33.9 Å². The number of hydrogen-bond acceptors (Lipinski definition) is 7. The second-order valence-electron chi connectivity index (χ2n) is 9.97. The number of primary amides is 1. The van der Waals surface area contributed by atoms with Crippen LogP contribution in [0, 0.1) is 11.7 Å². The number of fused-ring (bicyclic) bond motifs is 1. The number of halogens is 3. The SMILES string of the molecule is CNC(=O)N1CCC[C@@H](Nc2ncc3nc(Nc4c(F)cc(Cl)cc4Cl)n([C@H]4CC[C@@H](C(N)=O)CC4)c3n2)C1. The predicted molar refractivity (Wildman–Crippen MR) is 148 cm³/mol. The van der Waals surface area contributed by atoms with Gasteiger partial charge in [0.15, 0.2) is 5.65 Å². The van der Waals surface area contributed by atoms with Gasteiger partial charge in [0.25, 0.3) is 0 Å². The van der Waals surface area contributed by atoms with E-state index in [1.807, 2.05) is 4.57 Å². The van der Waals surface area contributed by atoms with Crippen LogP contribution in [-0.2, 0) is 4.79 Å². The lowest BCUT2D eigenvalue weighted by Crippen LogP contribution is -2.48. The van der Waals surface area contributed by atoms with E-state index in [1.54, 1.807) is 18.1 Å². The normalized spacial score (nSPS) is 21.5. The molecule has 2 fully saturated rings. The molecule has 1 saturated heterocycles. The predicted octanol–water partition coefficient (Wildman–Crippen LogP) is 4.45. The number of aromatic nitrogens is 4. The van der Waals surface area contributed by atoms with Crippen molar-refractivity contribution in [2.75, 3.05) is 30.8 Å². The van der Waals surface area contributed by atoms with Crippen molar-refractivity contribution in [3.05, 3.63) is 34.2 Å². The van der Waals surface area contributed by atoms with Gasteiger partial charge in [-0.25, -0.2) is 19.2 Å². The number of anilines is 3. The molecule has 2 aliphatic rings. The van der Waals surface area contributed by atoms with Gasteiger partial charge in [-0.15, -0.1) is 0 Å². The number of nitrogens with two attached hydrogens (primary N) is 1. The van der Waals surface area contributed by atoms with Gasteiger partial charge in [-0.05, 0) is 50.7 Å². The van der Waals surface area contributed by atoms with Crippen molar-refractivity contribution in [2.45, 2.75) is 50.6 Å². The highest BCUT2D eigenvalue weighted by atomic mass is 35.5. The Morgan fingerprint density at radius 2 is 1.90 bits per heavy atom. The van der Waals surface area contributed by atoms with Gasteiger partial charge in [0.1, 0.15) is 11.3 Å². The minimum absolute atomic E-state index is 0.0181. The van der Waals surface area contributed by atoms with Crippen molar-refractivity contribution in [1.82, 2.24) is 29.7 Å². The summed E-state index contributed by atoms with van der Waals surface area (Å²) in [6.45, 7) is 1.22. The van der Waals surface area contributed by atoms with Gasteiger partial charge in [0.2, 0.25) is 17.8 Å². The molecule has 2 aromatic heterocycles. The lowest BCUT2D eigenvalue weighted by Gasteiger charge is -2.32. The van der Waals surface area contributed by atoms with E-state index >= 15 is 0 Å². The van der Waals surface area contributed by atoms with Gasteiger partial charge in [-0.2, -0.15) is 4.98 Å². The second kappa shape index (κ2) is 11.4. The number of nitrogens with zero attached hydrogens (tertiary/aromatic N) is 5. The second-order valence-corrected chi connectivity index (χ2v) is 10.8. The van der Waals surface area contributed by atoms with E-state index in [1.165, 1.54) is 12.1 Å². The smallest absolute Gasteiger partial charge is 0.317 e. The molecule has 1 atom stereocenters. The minimum atomic E-state index is -0.616. The van der Waals surface area contributed by atoms with E-state index in [0.29, 0.717) is 61.8 Å². The maximum atomic E-state index is 14.8. The van der Waals surface area contributed by atoms with Crippen molar-refractivity contribution in [3.8, 4) is 0 Å². The lowest BCUT2D eigenvalue weighted by molar-refractivity contribution is -0.122. The molecular weight excluding hydrogens is 548 g/mol. The number of rotatable bonds is 6. The zero-order chi connectivity index (χ0) is 27.7. The monoisotopic (exact) mass is 577 g/mol. The molecule has 1 aliphatic heterocycles. The molecule has 0 bridgehead atoms. The number of benzene rings is 1. The van der Waals surface area contributed by atoms with Gasteiger partial charge >= 0.3 is 6.03 Å². The number of imidazole rings is 1. The summed E-state index contributed by atoms with van der Waals surface area (Å²) in [5.74, 6) is -0.345. The number of urea groups is 1. The summed E-state index contributed by atoms with van der Waals surface area (Å²) >= 11 is 12.3. The van der Waals surface area contributed by atoms with Crippen molar-refractivity contribution >= 4 is 63.9 Å². The molecule has 11 nitrogen and oxygen atoms in total. The highest BCUT2D eigenvalue weighted by Crippen LogP contribution is 2.38. The summed E-state index contributed by atoms with van der Waals surface area (Å²) in [6, 6.07) is 2.42. The Kier molecular flexibility index (Phi) is 7.94. The van der Waals surface area contributed by atoms with Gasteiger partial charge in [0, 0.05) is 43.2 Å². The number of hydrogen-bond donors (Lipinski definition) is 4. The summed E-state index contributed by atoms with van der Waals surface area (Å²) < 4.78 is 16.7. The van der Waals surface area contributed by atoms with Crippen LogP contribution in [0.1, 0.15) is 44.6 Å². The number of piperidine rings is 1. The molecule has 0 radical (unpaired) electrons. The molecule has 1 aromatic carbocycles. The zero-order valence-electron chi connectivity index (χ0n) is 21.4. The van der Waals surface area contributed by atoms with Crippen LogP contribution in [0.15, 0.2) is 18.3 Å². The highest BCUT2D eigenvalue weighted by molar-refractivity contribution is 6.36. The third-order valence-corrected chi connectivity index (χ3v) is 7.91. The Morgan fingerprint density at radius 3 is 2.59 bits per heavy atom. The van der Waals surface area contributed by atoms with Crippen LogP contribution in [0.5, 0.6) is 0 Å². The fourth-order valence-corrected chi connectivity index (χ4v) is 5.92. The van der Waals surface area contributed by atoms with E-state index < -0.39 is 5.82 Å². The molecule has 208 valence electrons. The van der Waals surface area contributed by atoms with Crippen molar-refractivity contribution in [3.63, 3.8) is 0 Å². The fraction of sp³-hybridized carbons (Fsp3) is 0.480. The first kappa shape index (κ1) is 27.2. The van der Waals surface area contributed by atoms with Crippen LogP contribution in [0.25, 0.3) is 11.2 Å². The van der Waals surface area contributed by atoms with Crippen LogP contribution < -0.4 is 21.7 Å². The van der Waals surface area contributed by atoms with E-state index in [2.05, 4.69) is 25.9 Å². The minimum Gasteiger partial charge on any atom is -0.369 e. The molecule has 0 spiro atoms. The first-order valence-electron chi connectivity index (χ1n) is 12.9. The standard InChI is InChI=1S/C25H30Cl2FN9O2/c1-30-25(39)36-8-2-3-15(12-36)32-23-31-11-19-22(35-23)37(16-6-4-13(5-7-16)21(29)38)24(33-19)34-20-17(27)9-14(26)10-18(20)28/h9-11,13,15-16H,2-8,12H2,1H3,(H2,29,38)(H,30,39)(H,33,34)(H,31,32,35)/t13-,15-,16+/m1/s1. The van der Waals surface area contributed by atoms with Gasteiger partial charge in [-0.3, -0.25) is 9.36 Å². The van der Waals surface area contributed by atoms with Gasteiger partial charge < -0.3 is 26.6 Å². The van der Waals surface area contributed by atoms with Crippen LogP contribution in [0.3, 0.4) is 0 Å². The van der Waals surface area contributed by atoms with Crippen molar-refractivity contribution in [2.24, 2.45) is 11.7 Å². The number of carbonyl (C=O) groups excluding carboxylic acids is 2. The summed E-state index contributed by atoms with van der Waals surface area (Å²) in [4.78, 5) is 39.5. The van der Waals surface area contributed by atoms with E-state index in [9.17, 15) is 14.0 Å². The highest BCUT2D eigenvalue weighted by Gasteiger charge is 2.30. The molecule has 1 saturated carbocycles. The third kappa shape index (κ3) is 5.81. The topological polar surface area (TPSA) is 143 Å². The molecule has 3 heterocycles. The molecular formula is C25H30Cl2FN9O2. The van der Waals surface area contributed by atoms with E-state index in [-0.39, 0.29) is 45.7 Å². The average Bonchev–Trinajstić information content (AvgIpc) is 3.27. The van der Waals surface area contributed by atoms with Crippen molar-refractivity contribution < 1.29 is 14.0 Å². The number of nitrogens with one attached hydrogen (secondary N) is 3. The largest absolute Gasteiger partial charge is 0.369 e. The van der Waals surface area contributed by atoms with E-state index in [0.717, 1.165) is 12.8 Å². The van der Waals surface area contributed by atoms with Crippen LogP contribution in [-0.4, -0.2) is 62.5 Å². The third-order valence-electron chi connectivity index (χ3n) is 7.40. The molecule has 3 amide bonds. The van der Waals surface area contributed by atoms with Crippen molar-refractivity contribution in [1.29, 1.82) is 0 Å². The quantitative estimate of drug-likeness (QED) is 0.339. The summed E-state index contributed by atoms with van der Waals surface area (Å²) in [6.07, 6.45) is 5.93. The van der Waals surface area contributed by atoms with Crippen LogP contribution in [0.2, 0.25) is 10.0 Å². The Balaban J connectivity index is 1.48. The van der Waals surface area contributed by atoms with Crippen LogP contribution >= 0.6 is 23.2 Å². The fourth-order valence-electron chi connectivity index (χ4n) is 5.41. The van der Waals surface area contributed by atoms with Crippen LogP contribution in [0.4, 0.5) is 26.8 Å². The molecule has 1 aliphatic carbocycles. The number of amides is 3. The molecule has 39 heavy (non-hydrogen) atoms. The summed E-state index contributed by atoms with van der Waals surface area (Å²) in [7, 11) is 1.61. The summed E-state index contributed by atoms with van der Waals surface area (Å²) in [5.41, 5.74) is 6.67. The Morgan fingerprint density at radius 1 is 1.13 bits per heavy atom. The Bertz CT molecular complexity index is 1370. The first-order valence-corrected chi connectivity index (χ1v) is 13.7. The molecule has 5 rings (SSSR count). The zero-order valence-corrected chi connectivity index (χ0v) is 22.9. The average molecular weight is 578 g/mol. The van der Waals surface area contributed by atoms with Gasteiger partial charge in [0.05, 0.1) is 16.9 Å². The maximum Gasteiger partial charge on any atom is 0.317 e. The van der Waals surface area contributed by atoms with Gasteiger partial charge in [-0.1, -0.05) is 23.2 Å². The lowest BCUT2D eigenvalue weighted by atomic mass is 9.85. The maximum absolute atomic E-state index is 14.8. The molecule has 14 heteroatoms.